The van der Waals surface area contributed by atoms with Crippen molar-refractivity contribution in [1.29, 1.82) is 0 Å². The quantitative estimate of drug-likeness (QED) is 0.368. The van der Waals surface area contributed by atoms with Gasteiger partial charge in [0.05, 0.1) is 10.7 Å². The number of benzene rings is 2. The van der Waals surface area contributed by atoms with E-state index in [4.69, 9.17) is 9.15 Å². The van der Waals surface area contributed by atoms with Gasteiger partial charge in [-0.25, -0.2) is 0 Å². The second kappa shape index (κ2) is 6.49. The normalized spacial score (nSPS) is 11.5. The van der Waals surface area contributed by atoms with Crippen LogP contribution in [0.5, 0.6) is 5.75 Å². The van der Waals surface area contributed by atoms with E-state index < -0.39 is 0 Å². The molecule has 1 heterocycles. The molecule has 0 spiro atoms. The molecule has 0 bridgehead atoms. The Morgan fingerprint density at radius 3 is 2.50 bits per heavy atom. The Bertz CT molecular complexity index is 817. The largest absolute Gasteiger partial charge is 0.496 e. The minimum Gasteiger partial charge on any atom is -0.496 e. The summed E-state index contributed by atoms with van der Waals surface area (Å²) in [7, 11) is 1.70. The van der Waals surface area contributed by atoms with Gasteiger partial charge < -0.3 is 9.15 Å². The molecule has 0 aliphatic heterocycles. The van der Waals surface area contributed by atoms with Gasteiger partial charge >= 0.3 is 0 Å². The SMILES string of the molecule is CCCCCc1ccc2c(oc3c(I)c(OC)ccc32)c1C. The van der Waals surface area contributed by atoms with Gasteiger partial charge in [0.2, 0.25) is 0 Å². The van der Waals surface area contributed by atoms with Gasteiger partial charge in [0.15, 0.2) is 5.58 Å². The fourth-order valence-corrected chi connectivity index (χ4v) is 3.82. The number of hydrogen-bond acceptors (Lipinski definition) is 2. The van der Waals surface area contributed by atoms with Gasteiger partial charge in [-0.1, -0.05) is 31.9 Å². The van der Waals surface area contributed by atoms with Gasteiger partial charge in [-0.2, -0.15) is 0 Å². The number of rotatable bonds is 5. The first-order valence-electron chi connectivity index (χ1n) is 7.84. The Morgan fingerprint density at radius 2 is 1.77 bits per heavy atom. The lowest BCUT2D eigenvalue weighted by Gasteiger charge is -2.05. The summed E-state index contributed by atoms with van der Waals surface area (Å²) in [6.07, 6.45) is 4.91. The van der Waals surface area contributed by atoms with Crippen LogP contribution in [0.4, 0.5) is 0 Å². The van der Waals surface area contributed by atoms with Crippen LogP contribution in [0.25, 0.3) is 21.9 Å². The summed E-state index contributed by atoms with van der Waals surface area (Å²) in [4.78, 5) is 0. The highest BCUT2D eigenvalue weighted by molar-refractivity contribution is 14.1. The first-order chi connectivity index (χ1) is 10.7. The van der Waals surface area contributed by atoms with Crippen LogP contribution >= 0.6 is 22.6 Å². The van der Waals surface area contributed by atoms with E-state index in [0.717, 1.165) is 26.9 Å². The number of halogens is 1. The lowest BCUT2D eigenvalue weighted by atomic mass is 9.99. The summed E-state index contributed by atoms with van der Waals surface area (Å²) in [5, 5.41) is 2.37. The van der Waals surface area contributed by atoms with E-state index in [1.807, 2.05) is 6.07 Å². The number of fused-ring (bicyclic) bond motifs is 3. The van der Waals surface area contributed by atoms with Crippen LogP contribution in [0.15, 0.2) is 28.7 Å². The molecule has 1 aromatic heterocycles. The third kappa shape index (κ3) is 2.60. The van der Waals surface area contributed by atoms with Crippen LogP contribution < -0.4 is 4.74 Å². The Balaban J connectivity index is 2.14. The van der Waals surface area contributed by atoms with Crippen molar-refractivity contribution in [3.8, 4) is 5.75 Å². The molecule has 3 rings (SSSR count). The van der Waals surface area contributed by atoms with E-state index in [2.05, 4.69) is 54.6 Å². The van der Waals surface area contributed by atoms with E-state index in [9.17, 15) is 0 Å². The zero-order chi connectivity index (χ0) is 15.7. The molecule has 116 valence electrons. The van der Waals surface area contributed by atoms with Gasteiger partial charge in [-0.3, -0.25) is 0 Å². The highest BCUT2D eigenvalue weighted by atomic mass is 127. The van der Waals surface area contributed by atoms with Gasteiger partial charge in [0.1, 0.15) is 11.3 Å². The fourth-order valence-electron chi connectivity index (χ4n) is 3.02. The van der Waals surface area contributed by atoms with Gasteiger partial charge in [-0.05, 0) is 65.6 Å². The van der Waals surface area contributed by atoms with Crippen molar-refractivity contribution in [2.45, 2.75) is 39.5 Å². The standard InChI is InChI=1S/C19H21IO2/c1-4-5-6-7-13-8-9-14-15-10-11-16(21-3)17(20)19(15)22-18(14)12(13)2/h8-11H,4-7H2,1-3H3. The Kier molecular flexibility index (Phi) is 4.62. The fraction of sp³-hybridized carbons (Fsp3) is 0.368. The van der Waals surface area contributed by atoms with Crippen LogP contribution in [0.2, 0.25) is 0 Å². The Morgan fingerprint density at radius 1 is 1.05 bits per heavy atom. The number of furan rings is 1. The summed E-state index contributed by atoms with van der Waals surface area (Å²) in [6, 6.07) is 8.58. The summed E-state index contributed by atoms with van der Waals surface area (Å²) in [6.45, 7) is 4.42. The second-order valence-electron chi connectivity index (χ2n) is 5.74. The van der Waals surface area contributed by atoms with Crippen LogP contribution in [-0.4, -0.2) is 7.11 Å². The first kappa shape index (κ1) is 15.7. The molecule has 0 aliphatic rings. The van der Waals surface area contributed by atoms with Gasteiger partial charge in [-0.15, -0.1) is 0 Å². The lowest BCUT2D eigenvalue weighted by Crippen LogP contribution is -1.90. The van der Waals surface area contributed by atoms with Crippen molar-refractivity contribution in [3.05, 3.63) is 39.0 Å². The van der Waals surface area contributed by atoms with E-state index in [1.54, 1.807) is 7.11 Å². The summed E-state index contributed by atoms with van der Waals surface area (Å²) in [5.74, 6) is 0.868. The van der Waals surface area contributed by atoms with Crippen molar-refractivity contribution in [1.82, 2.24) is 0 Å². The Hall–Kier alpha value is -1.23. The average molecular weight is 408 g/mol. The molecule has 0 aliphatic carbocycles. The van der Waals surface area contributed by atoms with Crippen molar-refractivity contribution >= 4 is 44.5 Å². The highest BCUT2D eigenvalue weighted by Gasteiger charge is 2.15. The van der Waals surface area contributed by atoms with E-state index >= 15 is 0 Å². The third-order valence-corrected chi connectivity index (χ3v) is 5.37. The van der Waals surface area contributed by atoms with E-state index in [0.29, 0.717) is 0 Å². The summed E-state index contributed by atoms with van der Waals surface area (Å²) in [5.41, 5.74) is 4.64. The maximum absolute atomic E-state index is 6.22. The van der Waals surface area contributed by atoms with Crippen molar-refractivity contribution in [2.75, 3.05) is 7.11 Å². The lowest BCUT2D eigenvalue weighted by molar-refractivity contribution is 0.411. The smallest absolute Gasteiger partial charge is 0.152 e. The van der Waals surface area contributed by atoms with Crippen molar-refractivity contribution in [2.24, 2.45) is 0 Å². The monoisotopic (exact) mass is 408 g/mol. The van der Waals surface area contributed by atoms with Gasteiger partial charge in [0.25, 0.3) is 0 Å². The molecule has 0 N–H and O–H groups in total. The number of methoxy groups -OCH3 is 1. The molecule has 0 saturated carbocycles. The molecule has 0 amide bonds. The zero-order valence-electron chi connectivity index (χ0n) is 13.3. The molecule has 3 aromatic rings. The maximum Gasteiger partial charge on any atom is 0.152 e. The average Bonchev–Trinajstić information content (AvgIpc) is 2.91. The summed E-state index contributed by atoms with van der Waals surface area (Å²) >= 11 is 2.30. The van der Waals surface area contributed by atoms with Crippen LogP contribution in [0.3, 0.4) is 0 Å². The zero-order valence-corrected chi connectivity index (χ0v) is 15.5. The molecular weight excluding hydrogens is 387 g/mol. The molecule has 2 nitrogen and oxygen atoms in total. The minimum atomic E-state index is 0.868. The van der Waals surface area contributed by atoms with Crippen molar-refractivity contribution in [3.63, 3.8) is 0 Å². The highest BCUT2D eigenvalue weighted by Crippen LogP contribution is 2.38. The number of hydrogen-bond donors (Lipinski definition) is 0. The van der Waals surface area contributed by atoms with E-state index in [-0.39, 0.29) is 0 Å². The summed E-state index contributed by atoms with van der Waals surface area (Å²) < 4.78 is 12.7. The maximum atomic E-state index is 6.22. The van der Waals surface area contributed by atoms with Gasteiger partial charge in [0, 0.05) is 10.8 Å². The second-order valence-corrected chi connectivity index (χ2v) is 6.82. The number of aryl methyl sites for hydroxylation is 2. The molecule has 0 radical (unpaired) electrons. The predicted molar refractivity (Wildman–Crippen MR) is 101 cm³/mol. The molecule has 22 heavy (non-hydrogen) atoms. The van der Waals surface area contributed by atoms with Crippen LogP contribution in [-0.2, 0) is 6.42 Å². The molecule has 0 atom stereocenters. The molecule has 3 heteroatoms. The predicted octanol–water partition coefficient (Wildman–Crippen LogP) is 6.24. The third-order valence-electron chi connectivity index (χ3n) is 4.34. The topological polar surface area (TPSA) is 22.4 Å². The molecule has 0 saturated heterocycles. The van der Waals surface area contributed by atoms with Crippen LogP contribution in [0.1, 0.15) is 37.3 Å². The van der Waals surface area contributed by atoms with Crippen LogP contribution in [0, 0.1) is 10.5 Å². The molecule has 2 aromatic carbocycles. The number of unbranched alkanes of at least 4 members (excludes halogenated alkanes) is 2. The van der Waals surface area contributed by atoms with Crippen molar-refractivity contribution < 1.29 is 9.15 Å². The Labute approximate surface area is 145 Å². The van der Waals surface area contributed by atoms with E-state index in [1.165, 1.54) is 41.2 Å². The minimum absolute atomic E-state index is 0.868. The molecular formula is C19H21IO2. The number of ether oxygens (including phenoxy) is 1. The molecule has 0 fully saturated rings. The molecule has 0 unspecified atom stereocenters. The first-order valence-corrected chi connectivity index (χ1v) is 8.92.